The van der Waals surface area contributed by atoms with Gasteiger partial charge in [-0.1, -0.05) is 0 Å². The normalized spacial score (nSPS) is 23.0. The average Bonchev–Trinajstić information content (AvgIpc) is 3.03. The van der Waals surface area contributed by atoms with Crippen LogP contribution in [0.3, 0.4) is 0 Å². The zero-order valence-electron chi connectivity index (χ0n) is 11.5. The number of hydrogen-bond acceptors (Lipinski definition) is 6. The number of thiophene rings is 1. The van der Waals surface area contributed by atoms with Gasteiger partial charge < -0.3 is 20.2 Å². The number of nitro groups is 1. The van der Waals surface area contributed by atoms with Crippen LogP contribution in [0.5, 0.6) is 0 Å². The maximum atomic E-state index is 11.6. The molecule has 0 aromatic carbocycles. The number of aliphatic hydroxyl groups excluding tert-OH is 1. The highest BCUT2D eigenvalue weighted by molar-refractivity contribution is 7.16. The number of fused-ring (bicyclic) bond motifs is 1. The van der Waals surface area contributed by atoms with Crippen molar-refractivity contribution in [3.8, 4) is 0 Å². The van der Waals surface area contributed by atoms with Gasteiger partial charge in [0.25, 0.3) is 0 Å². The van der Waals surface area contributed by atoms with Crippen LogP contribution in [0.25, 0.3) is 0 Å². The van der Waals surface area contributed by atoms with E-state index in [9.17, 15) is 20.0 Å². The SMILES string of the molecule is C[C@H](O)c1cc([N+](=O)[O-])c(N2CCN3C(=O)NCC3C2)s1. The minimum absolute atomic E-state index is 0.0293. The molecule has 3 heterocycles. The Balaban J connectivity index is 1.87. The minimum atomic E-state index is -0.724. The number of hydrogen-bond donors (Lipinski definition) is 2. The second-order valence-corrected chi connectivity index (χ2v) is 6.31. The molecule has 0 bridgehead atoms. The molecule has 2 amide bonds. The summed E-state index contributed by atoms with van der Waals surface area (Å²) in [5.74, 6) is 0. The first kappa shape index (κ1) is 14.1. The van der Waals surface area contributed by atoms with Crippen molar-refractivity contribution >= 4 is 28.1 Å². The van der Waals surface area contributed by atoms with E-state index in [1.165, 1.54) is 17.4 Å². The summed E-state index contributed by atoms with van der Waals surface area (Å²) < 4.78 is 0. The summed E-state index contributed by atoms with van der Waals surface area (Å²) in [6.07, 6.45) is -0.724. The van der Waals surface area contributed by atoms with Crippen molar-refractivity contribution in [2.45, 2.75) is 19.1 Å². The lowest BCUT2D eigenvalue weighted by atomic mass is 10.2. The molecule has 9 heteroatoms. The number of nitrogens with zero attached hydrogens (tertiary/aromatic N) is 3. The van der Waals surface area contributed by atoms with E-state index in [0.717, 1.165) is 0 Å². The van der Waals surface area contributed by atoms with Gasteiger partial charge in [-0.15, -0.1) is 11.3 Å². The molecule has 8 nitrogen and oxygen atoms in total. The quantitative estimate of drug-likeness (QED) is 0.639. The zero-order chi connectivity index (χ0) is 15.1. The minimum Gasteiger partial charge on any atom is -0.388 e. The van der Waals surface area contributed by atoms with Gasteiger partial charge in [-0.2, -0.15) is 0 Å². The molecule has 2 saturated heterocycles. The second kappa shape index (κ2) is 5.15. The summed E-state index contributed by atoms with van der Waals surface area (Å²) in [5.41, 5.74) is 0.0293. The van der Waals surface area contributed by atoms with Gasteiger partial charge in [0, 0.05) is 37.1 Å². The Morgan fingerprint density at radius 1 is 1.57 bits per heavy atom. The Kier molecular flexibility index (Phi) is 3.46. The van der Waals surface area contributed by atoms with E-state index < -0.39 is 11.0 Å². The van der Waals surface area contributed by atoms with Crippen molar-refractivity contribution in [3.05, 3.63) is 21.1 Å². The van der Waals surface area contributed by atoms with Gasteiger partial charge in [-0.3, -0.25) is 10.1 Å². The largest absolute Gasteiger partial charge is 0.388 e. The van der Waals surface area contributed by atoms with Crippen LogP contribution < -0.4 is 10.2 Å². The molecular weight excluding hydrogens is 296 g/mol. The molecule has 1 aromatic rings. The molecule has 2 aliphatic rings. The first-order valence-corrected chi connectivity index (χ1v) is 7.54. The van der Waals surface area contributed by atoms with Crippen molar-refractivity contribution < 1.29 is 14.8 Å². The maximum absolute atomic E-state index is 11.6. The van der Waals surface area contributed by atoms with E-state index in [2.05, 4.69) is 5.32 Å². The lowest BCUT2D eigenvalue weighted by Crippen LogP contribution is -2.52. The Morgan fingerprint density at radius 3 is 3.00 bits per heavy atom. The predicted octanol–water partition coefficient (Wildman–Crippen LogP) is 0.923. The summed E-state index contributed by atoms with van der Waals surface area (Å²) in [5, 5.41) is 24.2. The number of rotatable bonds is 3. The van der Waals surface area contributed by atoms with Crippen molar-refractivity contribution in [1.29, 1.82) is 0 Å². The molecular formula is C12H16N4O4S. The zero-order valence-corrected chi connectivity index (χ0v) is 12.3. The fourth-order valence-corrected chi connectivity index (χ4v) is 3.84. The number of carbonyl (C=O) groups is 1. The number of carbonyl (C=O) groups excluding carboxylic acids is 1. The van der Waals surface area contributed by atoms with Gasteiger partial charge in [0.2, 0.25) is 0 Å². The molecule has 2 fully saturated rings. The van der Waals surface area contributed by atoms with Crippen molar-refractivity contribution in [2.24, 2.45) is 0 Å². The third kappa shape index (κ3) is 2.42. The number of anilines is 1. The average molecular weight is 312 g/mol. The molecule has 0 aliphatic carbocycles. The van der Waals surface area contributed by atoms with Crippen LogP contribution in [0.15, 0.2) is 6.07 Å². The van der Waals surface area contributed by atoms with Crippen LogP contribution in [0.4, 0.5) is 15.5 Å². The first-order valence-electron chi connectivity index (χ1n) is 6.73. The lowest BCUT2D eigenvalue weighted by molar-refractivity contribution is -0.383. The lowest BCUT2D eigenvalue weighted by Gasteiger charge is -2.36. The first-order chi connectivity index (χ1) is 9.97. The number of aliphatic hydroxyl groups is 1. The number of amides is 2. The highest BCUT2D eigenvalue weighted by atomic mass is 32.1. The summed E-state index contributed by atoms with van der Waals surface area (Å²) in [4.78, 5) is 26.7. The number of nitrogens with one attached hydrogen (secondary N) is 1. The highest BCUT2D eigenvalue weighted by Gasteiger charge is 2.37. The third-order valence-corrected chi connectivity index (χ3v) is 5.20. The van der Waals surface area contributed by atoms with Crippen molar-refractivity contribution in [3.63, 3.8) is 0 Å². The molecule has 1 unspecified atom stereocenters. The molecule has 2 aliphatic heterocycles. The van der Waals surface area contributed by atoms with Gasteiger partial charge in [0.1, 0.15) is 0 Å². The molecule has 21 heavy (non-hydrogen) atoms. The maximum Gasteiger partial charge on any atom is 0.317 e. The Morgan fingerprint density at radius 2 is 2.33 bits per heavy atom. The molecule has 114 valence electrons. The molecule has 0 radical (unpaired) electrons. The van der Waals surface area contributed by atoms with Gasteiger partial charge in [0.15, 0.2) is 5.00 Å². The van der Waals surface area contributed by atoms with E-state index in [1.807, 2.05) is 4.90 Å². The van der Waals surface area contributed by atoms with E-state index in [0.29, 0.717) is 36.1 Å². The molecule has 1 aromatic heterocycles. The summed E-state index contributed by atoms with van der Waals surface area (Å²) in [7, 11) is 0. The molecule has 2 N–H and O–H groups in total. The van der Waals surface area contributed by atoms with Crippen LogP contribution in [-0.2, 0) is 0 Å². The predicted molar refractivity (Wildman–Crippen MR) is 77.7 cm³/mol. The fourth-order valence-electron chi connectivity index (χ4n) is 2.74. The number of urea groups is 1. The Labute approximate surface area is 125 Å². The highest BCUT2D eigenvalue weighted by Crippen LogP contribution is 2.41. The summed E-state index contributed by atoms with van der Waals surface area (Å²) >= 11 is 1.25. The van der Waals surface area contributed by atoms with E-state index in [-0.39, 0.29) is 17.8 Å². The monoisotopic (exact) mass is 312 g/mol. The standard InChI is InChI=1S/C12H16N4O4S/c1-7(17)10-4-9(16(19)20)11(21-10)14-2-3-15-8(6-14)5-13-12(15)18/h4,7-8,17H,2-3,5-6H2,1H3,(H,13,18)/t7-,8?/m0/s1. The van der Waals surface area contributed by atoms with E-state index >= 15 is 0 Å². The van der Waals surface area contributed by atoms with Crippen LogP contribution >= 0.6 is 11.3 Å². The second-order valence-electron chi connectivity index (χ2n) is 5.25. The van der Waals surface area contributed by atoms with Gasteiger partial charge in [-0.25, -0.2) is 4.79 Å². The molecule has 3 rings (SSSR count). The fraction of sp³-hybridized carbons (Fsp3) is 0.583. The third-order valence-electron chi connectivity index (χ3n) is 3.84. The number of piperazine rings is 1. The van der Waals surface area contributed by atoms with E-state index in [4.69, 9.17) is 0 Å². The topological polar surface area (TPSA) is 98.9 Å². The molecule has 2 atom stereocenters. The summed E-state index contributed by atoms with van der Waals surface area (Å²) in [6.45, 7) is 3.84. The Hall–Kier alpha value is -1.87. The smallest absolute Gasteiger partial charge is 0.317 e. The molecule has 0 saturated carbocycles. The van der Waals surface area contributed by atoms with E-state index in [1.54, 1.807) is 11.8 Å². The Bertz CT molecular complexity index is 588. The summed E-state index contributed by atoms with van der Waals surface area (Å²) in [6, 6.07) is 1.42. The van der Waals surface area contributed by atoms with Crippen LogP contribution in [-0.4, -0.2) is 53.2 Å². The molecule has 0 spiro atoms. The van der Waals surface area contributed by atoms with Gasteiger partial charge in [0.05, 0.1) is 17.1 Å². The van der Waals surface area contributed by atoms with Crippen molar-refractivity contribution in [2.75, 3.05) is 31.1 Å². The van der Waals surface area contributed by atoms with Gasteiger partial charge in [-0.05, 0) is 6.92 Å². The van der Waals surface area contributed by atoms with Crippen LogP contribution in [0.1, 0.15) is 17.9 Å². The van der Waals surface area contributed by atoms with Crippen LogP contribution in [0, 0.1) is 10.1 Å². The van der Waals surface area contributed by atoms with Crippen LogP contribution in [0.2, 0.25) is 0 Å². The van der Waals surface area contributed by atoms with Crippen molar-refractivity contribution in [1.82, 2.24) is 10.2 Å². The van der Waals surface area contributed by atoms with Gasteiger partial charge >= 0.3 is 11.7 Å².